The quantitative estimate of drug-likeness (QED) is 0.764. The van der Waals surface area contributed by atoms with E-state index < -0.39 is 29.4 Å². The fourth-order valence-electron chi connectivity index (χ4n) is 1.69. The molecule has 0 bridgehead atoms. The summed E-state index contributed by atoms with van der Waals surface area (Å²) in [5, 5.41) is 11.6. The highest BCUT2D eigenvalue weighted by atomic mass is 16.4. The third kappa shape index (κ3) is 4.06. The molecule has 104 valence electrons. The van der Waals surface area contributed by atoms with Crippen LogP contribution in [0.5, 0.6) is 0 Å². The van der Waals surface area contributed by atoms with E-state index in [1.165, 1.54) is 0 Å². The van der Waals surface area contributed by atoms with Crippen molar-refractivity contribution < 1.29 is 14.7 Å². The van der Waals surface area contributed by atoms with Crippen LogP contribution in [0.3, 0.4) is 0 Å². The van der Waals surface area contributed by atoms with Crippen LogP contribution >= 0.6 is 0 Å². The summed E-state index contributed by atoms with van der Waals surface area (Å²) in [6.07, 6.45) is 0. The molecule has 0 saturated heterocycles. The first-order valence-corrected chi connectivity index (χ1v) is 6.07. The van der Waals surface area contributed by atoms with E-state index in [9.17, 15) is 9.59 Å². The van der Waals surface area contributed by atoms with Gasteiger partial charge < -0.3 is 16.2 Å². The molecule has 0 aliphatic heterocycles. The summed E-state index contributed by atoms with van der Waals surface area (Å²) in [7, 11) is 0. The predicted octanol–water partition coefficient (Wildman–Crippen LogP) is 1.30. The first kappa shape index (κ1) is 15.2. The summed E-state index contributed by atoms with van der Waals surface area (Å²) in [6, 6.07) is 7.00. The van der Waals surface area contributed by atoms with Crippen LogP contribution in [0.1, 0.15) is 32.4 Å². The second kappa shape index (κ2) is 5.84. The number of hydrogen-bond acceptors (Lipinski definition) is 3. The summed E-state index contributed by atoms with van der Waals surface area (Å²) in [4.78, 5) is 23.2. The highest BCUT2D eigenvalue weighted by Gasteiger charge is 2.33. The summed E-state index contributed by atoms with van der Waals surface area (Å²) in [5.41, 5.74) is 5.89. The van der Waals surface area contributed by atoms with Crippen LogP contribution in [-0.2, 0) is 9.59 Å². The standard InChI is InChI=1S/C14H20N2O3/c1-14(2,3)11(13(18)19)16-12(17)10(15)9-7-5-4-6-8-9/h4-8,10-11H,15H2,1-3H3,(H,16,17)(H,18,19)/t10-,11-/m0/s1. The van der Waals surface area contributed by atoms with E-state index in [4.69, 9.17) is 10.8 Å². The molecule has 0 spiro atoms. The van der Waals surface area contributed by atoms with Gasteiger partial charge in [-0.2, -0.15) is 0 Å². The molecule has 0 aliphatic rings. The van der Waals surface area contributed by atoms with Crippen molar-refractivity contribution in [1.29, 1.82) is 0 Å². The Morgan fingerprint density at radius 2 is 1.74 bits per heavy atom. The molecule has 5 nitrogen and oxygen atoms in total. The third-order valence-electron chi connectivity index (χ3n) is 2.84. The van der Waals surface area contributed by atoms with Gasteiger partial charge >= 0.3 is 5.97 Å². The molecular formula is C14H20N2O3. The maximum atomic E-state index is 12.0. The Hall–Kier alpha value is -1.88. The molecule has 0 radical (unpaired) electrons. The van der Waals surface area contributed by atoms with E-state index in [1.54, 1.807) is 45.0 Å². The number of aliphatic carboxylic acids is 1. The Morgan fingerprint density at radius 3 is 2.16 bits per heavy atom. The molecule has 0 saturated carbocycles. The van der Waals surface area contributed by atoms with Crippen molar-refractivity contribution in [3.8, 4) is 0 Å². The molecule has 1 aromatic carbocycles. The van der Waals surface area contributed by atoms with Crippen molar-refractivity contribution in [2.24, 2.45) is 11.1 Å². The summed E-state index contributed by atoms with van der Waals surface area (Å²) in [6.45, 7) is 5.25. The molecule has 2 atom stereocenters. The average molecular weight is 264 g/mol. The molecule has 5 heteroatoms. The monoisotopic (exact) mass is 264 g/mol. The lowest BCUT2D eigenvalue weighted by Crippen LogP contribution is -2.51. The van der Waals surface area contributed by atoms with Gasteiger partial charge in [0.25, 0.3) is 0 Å². The van der Waals surface area contributed by atoms with Crippen LogP contribution in [0.15, 0.2) is 30.3 Å². The topological polar surface area (TPSA) is 92.4 Å². The Morgan fingerprint density at radius 1 is 1.21 bits per heavy atom. The van der Waals surface area contributed by atoms with Crippen LogP contribution in [0.2, 0.25) is 0 Å². The van der Waals surface area contributed by atoms with E-state index in [-0.39, 0.29) is 0 Å². The number of benzene rings is 1. The van der Waals surface area contributed by atoms with Crippen LogP contribution < -0.4 is 11.1 Å². The van der Waals surface area contributed by atoms with E-state index >= 15 is 0 Å². The van der Waals surface area contributed by atoms with Gasteiger partial charge in [0.15, 0.2) is 0 Å². The second-order valence-electron chi connectivity index (χ2n) is 5.53. The lowest BCUT2D eigenvalue weighted by atomic mass is 9.86. The van der Waals surface area contributed by atoms with E-state index in [2.05, 4.69) is 5.32 Å². The van der Waals surface area contributed by atoms with E-state index in [0.717, 1.165) is 0 Å². The zero-order valence-corrected chi connectivity index (χ0v) is 11.4. The molecule has 0 heterocycles. The number of carboxylic acids is 1. The van der Waals surface area contributed by atoms with Crippen molar-refractivity contribution >= 4 is 11.9 Å². The van der Waals surface area contributed by atoms with Crippen LogP contribution in [0.25, 0.3) is 0 Å². The van der Waals surface area contributed by atoms with Gasteiger partial charge in [-0.1, -0.05) is 51.1 Å². The maximum Gasteiger partial charge on any atom is 0.326 e. The number of nitrogens with two attached hydrogens (primary N) is 1. The Balaban J connectivity index is 2.81. The number of carbonyl (C=O) groups is 2. The minimum atomic E-state index is -1.07. The van der Waals surface area contributed by atoms with Crippen LogP contribution in [0, 0.1) is 5.41 Å². The van der Waals surface area contributed by atoms with Gasteiger partial charge in [0.1, 0.15) is 12.1 Å². The van der Waals surface area contributed by atoms with E-state index in [1.807, 2.05) is 6.07 Å². The number of carbonyl (C=O) groups excluding carboxylic acids is 1. The van der Waals surface area contributed by atoms with Crippen molar-refractivity contribution in [1.82, 2.24) is 5.32 Å². The fraction of sp³-hybridized carbons (Fsp3) is 0.429. The number of rotatable bonds is 4. The molecular weight excluding hydrogens is 244 g/mol. The van der Waals surface area contributed by atoms with Crippen molar-refractivity contribution in [2.45, 2.75) is 32.9 Å². The third-order valence-corrected chi connectivity index (χ3v) is 2.84. The Labute approximate surface area is 112 Å². The van der Waals surface area contributed by atoms with Gasteiger partial charge in [-0.05, 0) is 11.0 Å². The summed E-state index contributed by atoms with van der Waals surface area (Å²) in [5.74, 6) is -1.56. The van der Waals surface area contributed by atoms with Gasteiger partial charge in [-0.25, -0.2) is 4.79 Å². The van der Waals surface area contributed by atoms with Gasteiger partial charge in [0, 0.05) is 0 Å². The maximum absolute atomic E-state index is 12.0. The first-order valence-electron chi connectivity index (χ1n) is 6.07. The highest BCUT2D eigenvalue weighted by molar-refractivity contribution is 5.88. The molecule has 1 aromatic rings. The van der Waals surface area contributed by atoms with Crippen molar-refractivity contribution in [3.05, 3.63) is 35.9 Å². The molecule has 0 unspecified atom stereocenters. The fourth-order valence-corrected chi connectivity index (χ4v) is 1.69. The Kier molecular flexibility index (Phi) is 4.67. The van der Waals surface area contributed by atoms with Gasteiger partial charge in [0.05, 0.1) is 0 Å². The van der Waals surface area contributed by atoms with Crippen molar-refractivity contribution in [3.63, 3.8) is 0 Å². The van der Waals surface area contributed by atoms with Gasteiger partial charge in [-0.3, -0.25) is 4.79 Å². The molecule has 0 aromatic heterocycles. The normalized spacial score (nSPS) is 14.5. The highest BCUT2D eigenvalue weighted by Crippen LogP contribution is 2.20. The van der Waals surface area contributed by atoms with E-state index in [0.29, 0.717) is 5.56 Å². The van der Waals surface area contributed by atoms with Crippen LogP contribution in [0.4, 0.5) is 0 Å². The number of nitrogens with one attached hydrogen (secondary N) is 1. The zero-order valence-electron chi connectivity index (χ0n) is 11.4. The minimum absolute atomic E-state index is 0.492. The predicted molar refractivity (Wildman–Crippen MR) is 72.4 cm³/mol. The summed E-state index contributed by atoms with van der Waals surface area (Å²) >= 11 is 0. The zero-order chi connectivity index (χ0) is 14.6. The largest absolute Gasteiger partial charge is 0.480 e. The number of carboxylic acid groups (broad SMARTS) is 1. The van der Waals surface area contributed by atoms with Crippen LogP contribution in [-0.4, -0.2) is 23.0 Å². The average Bonchev–Trinajstić information content (AvgIpc) is 2.34. The second-order valence-corrected chi connectivity index (χ2v) is 5.53. The molecule has 1 amide bonds. The number of amides is 1. The van der Waals surface area contributed by atoms with Gasteiger partial charge in [-0.15, -0.1) is 0 Å². The van der Waals surface area contributed by atoms with Crippen molar-refractivity contribution in [2.75, 3.05) is 0 Å². The molecule has 0 fully saturated rings. The summed E-state index contributed by atoms with van der Waals surface area (Å²) < 4.78 is 0. The Bertz CT molecular complexity index is 452. The number of hydrogen-bond donors (Lipinski definition) is 3. The minimum Gasteiger partial charge on any atom is -0.480 e. The SMILES string of the molecule is CC(C)(C)[C@@H](NC(=O)[C@@H](N)c1ccccc1)C(=O)O. The lowest BCUT2D eigenvalue weighted by Gasteiger charge is -2.28. The molecule has 0 aliphatic carbocycles. The lowest BCUT2D eigenvalue weighted by molar-refractivity contribution is -0.145. The van der Waals surface area contributed by atoms with Gasteiger partial charge in [0.2, 0.25) is 5.91 Å². The molecule has 4 N–H and O–H groups in total. The molecule has 1 rings (SSSR count). The molecule has 19 heavy (non-hydrogen) atoms. The first-order chi connectivity index (χ1) is 8.73. The smallest absolute Gasteiger partial charge is 0.326 e.